The van der Waals surface area contributed by atoms with Gasteiger partial charge in [0.05, 0.1) is 11.8 Å². The van der Waals surface area contributed by atoms with Gasteiger partial charge in [-0.1, -0.05) is 19.8 Å². The van der Waals surface area contributed by atoms with Gasteiger partial charge in [0, 0.05) is 23.8 Å². The molecule has 2 aromatic heterocycles. The Kier molecular flexibility index (Phi) is 5.85. The third kappa shape index (κ3) is 4.00. The molecule has 1 saturated carbocycles. The van der Waals surface area contributed by atoms with Crippen molar-refractivity contribution in [1.29, 1.82) is 0 Å². The number of amides is 1. The number of carbonyl (C=O) groups excluding carboxylic acids is 1. The molecule has 2 aromatic rings. The van der Waals surface area contributed by atoms with Gasteiger partial charge in [0.1, 0.15) is 11.4 Å². The molecule has 0 bridgehead atoms. The summed E-state index contributed by atoms with van der Waals surface area (Å²) in [6, 6.07) is 0. The number of hydrogen-bond acceptors (Lipinski definition) is 5. The molecule has 152 valence electrons. The first-order valence-corrected chi connectivity index (χ1v) is 10.5. The van der Waals surface area contributed by atoms with Gasteiger partial charge in [0.15, 0.2) is 0 Å². The zero-order valence-corrected chi connectivity index (χ0v) is 17.1. The largest absolute Gasteiger partial charge is 0.359 e. The molecule has 1 amide bonds. The highest BCUT2D eigenvalue weighted by Crippen LogP contribution is 2.40. The Labute approximate surface area is 171 Å². The molecule has 3 heterocycles. The Morgan fingerprint density at radius 1 is 1.28 bits per heavy atom. The third-order valence-electron chi connectivity index (χ3n) is 5.82. The van der Waals surface area contributed by atoms with E-state index >= 15 is 0 Å². The van der Waals surface area contributed by atoms with Crippen LogP contribution in [0.1, 0.15) is 66.7 Å². The van der Waals surface area contributed by atoms with Crippen molar-refractivity contribution < 1.29 is 4.79 Å². The molecule has 0 atom stereocenters. The summed E-state index contributed by atoms with van der Waals surface area (Å²) in [6.45, 7) is 6.19. The van der Waals surface area contributed by atoms with E-state index in [2.05, 4.69) is 44.6 Å². The van der Waals surface area contributed by atoms with E-state index in [-0.39, 0.29) is 5.91 Å². The summed E-state index contributed by atoms with van der Waals surface area (Å²) in [7, 11) is 0. The molecule has 0 unspecified atom stereocenters. The number of aryl methyl sites for hydroxylation is 1. The van der Waals surface area contributed by atoms with Crippen LogP contribution in [-0.4, -0.2) is 39.7 Å². The molecule has 0 aromatic carbocycles. The predicted molar refractivity (Wildman–Crippen MR) is 114 cm³/mol. The van der Waals surface area contributed by atoms with E-state index < -0.39 is 0 Å². The Morgan fingerprint density at radius 3 is 2.83 bits per heavy atom. The molecule has 29 heavy (non-hydrogen) atoms. The van der Waals surface area contributed by atoms with E-state index in [0.29, 0.717) is 22.9 Å². The van der Waals surface area contributed by atoms with E-state index in [1.165, 1.54) is 42.5 Å². The standard InChI is InChI=1S/C22H28N6O/c1-3-23-9-8-16-14(2)26-18(20(16)15-6-4-5-7-15)12-17-21(27-28-22(17)29)19-13-24-10-11-25-19/h10-13,15,23,26H,3-9H2,1-2H3,(H,28,29). The van der Waals surface area contributed by atoms with Gasteiger partial charge in [0.25, 0.3) is 5.91 Å². The van der Waals surface area contributed by atoms with Gasteiger partial charge in [-0.3, -0.25) is 14.8 Å². The van der Waals surface area contributed by atoms with Crippen LogP contribution >= 0.6 is 0 Å². The summed E-state index contributed by atoms with van der Waals surface area (Å²) >= 11 is 0. The van der Waals surface area contributed by atoms with Crippen molar-refractivity contribution in [1.82, 2.24) is 25.7 Å². The van der Waals surface area contributed by atoms with Crippen molar-refractivity contribution in [2.75, 3.05) is 13.1 Å². The zero-order chi connectivity index (χ0) is 20.2. The maximum absolute atomic E-state index is 12.5. The lowest BCUT2D eigenvalue weighted by Gasteiger charge is -2.14. The van der Waals surface area contributed by atoms with E-state index in [1.807, 2.05) is 6.08 Å². The number of hydrazone groups is 1. The number of nitrogens with one attached hydrogen (secondary N) is 3. The molecule has 7 nitrogen and oxygen atoms in total. The number of H-pyrrole nitrogens is 1. The molecule has 1 aliphatic carbocycles. The zero-order valence-electron chi connectivity index (χ0n) is 17.1. The van der Waals surface area contributed by atoms with Gasteiger partial charge >= 0.3 is 0 Å². The summed E-state index contributed by atoms with van der Waals surface area (Å²) in [5, 5.41) is 7.64. The van der Waals surface area contributed by atoms with Gasteiger partial charge in [-0.2, -0.15) is 5.10 Å². The van der Waals surface area contributed by atoms with Crippen LogP contribution in [0.15, 0.2) is 29.3 Å². The monoisotopic (exact) mass is 392 g/mol. The van der Waals surface area contributed by atoms with Gasteiger partial charge in [-0.25, -0.2) is 5.43 Å². The van der Waals surface area contributed by atoms with Crippen molar-refractivity contribution in [3.05, 3.63) is 52.4 Å². The second kappa shape index (κ2) is 8.69. The normalized spacial score (nSPS) is 18.5. The van der Waals surface area contributed by atoms with Crippen molar-refractivity contribution in [3.63, 3.8) is 0 Å². The van der Waals surface area contributed by atoms with Gasteiger partial charge < -0.3 is 10.3 Å². The Hall–Kier alpha value is -2.80. The average Bonchev–Trinajstić information content (AvgIpc) is 3.44. The number of aromatic nitrogens is 3. The third-order valence-corrected chi connectivity index (χ3v) is 5.82. The van der Waals surface area contributed by atoms with Crippen LogP contribution < -0.4 is 10.7 Å². The molecule has 0 radical (unpaired) electrons. The average molecular weight is 393 g/mol. The Morgan fingerprint density at radius 2 is 2.10 bits per heavy atom. The minimum absolute atomic E-state index is 0.204. The van der Waals surface area contributed by atoms with E-state index in [9.17, 15) is 4.79 Å². The summed E-state index contributed by atoms with van der Waals surface area (Å²) in [5.41, 5.74) is 9.24. The van der Waals surface area contributed by atoms with Gasteiger partial charge in [-0.15, -0.1) is 0 Å². The van der Waals surface area contributed by atoms with E-state index in [4.69, 9.17) is 0 Å². The topological polar surface area (TPSA) is 95.1 Å². The lowest BCUT2D eigenvalue weighted by molar-refractivity contribution is -0.116. The summed E-state index contributed by atoms with van der Waals surface area (Å²) in [6.07, 6.45) is 12.7. The fraction of sp³-hybridized carbons (Fsp3) is 0.455. The lowest BCUT2D eigenvalue weighted by atomic mass is 9.90. The van der Waals surface area contributed by atoms with Crippen LogP contribution in [0.4, 0.5) is 0 Å². The molecule has 3 N–H and O–H groups in total. The Bertz CT molecular complexity index is 938. The van der Waals surface area contributed by atoms with Crippen LogP contribution in [0.2, 0.25) is 0 Å². The molecular formula is C22H28N6O. The number of hydrogen-bond donors (Lipinski definition) is 3. The minimum atomic E-state index is -0.204. The highest BCUT2D eigenvalue weighted by molar-refractivity contribution is 6.32. The van der Waals surface area contributed by atoms with Crippen LogP contribution in [0.5, 0.6) is 0 Å². The summed E-state index contributed by atoms with van der Waals surface area (Å²) in [5.74, 6) is 0.342. The van der Waals surface area contributed by atoms with Crippen LogP contribution in [-0.2, 0) is 11.2 Å². The molecule has 0 saturated heterocycles. The maximum atomic E-state index is 12.5. The van der Waals surface area contributed by atoms with Crippen molar-refractivity contribution in [2.45, 2.75) is 51.9 Å². The Balaban J connectivity index is 1.74. The van der Waals surface area contributed by atoms with E-state index in [1.54, 1.807) is 18.6 Å². The first kappa shape index (κ1) is 19.5. The highest BCUT2D eigenvalue weighted by Gasteiger charge is 2.29. The minimum Gasteiger partial charge on any atom is -0.359 e. The second-order valence-corrected chi connectivity index (χ2v) is 7.69. The lowest BCUT2D eigenvalue weighted by Crippen LogP contribution is -2.17. The molecule has 1 fully saturated rings. The van der Waals surface area contributed by atoms with Crippen molar-refractivity contribution in [2.24, 2.45) is 5.10 Å². The second-order valence-electron chi connectivity index (χ2n) is 7.69. The maximum Gasteiger partial charge on any atom is 0.273 e. The SMILES string of the molecule is CCNCCc1c(C)[nH]c(C=C2C(=O)NN=C2c2cnccn2)c1C1CCCC1. The fourth-order valence-corrected chi connectivity index (χ4v) is 4.45. The smallest absolute Gasteiger partial charge is 0.273 e. The van der Waals surface area contributed by atoms with Crippen molar-refractivity contribution in [3.8, 4) is 0 Å². The predicted octanol–water partition coefficient (Wildman–Crippen LogP) is 2.84. The molecule has 2 aliphatic rings. The first-order chi connectivity index (χ1) is 14.2. The quantitative estimate of drug-likeness (QED) is 0.499. The van der Waals surface area contributed by atoms with Crippen LogP contribution in [0.3, 0.4) is 0 Å². The van der Waals surface area contributed by atoms with Gasteiger partial charge in [-0.05, 0) is 62.4 Å². The van der Waals surface area contributed by atoms with Crippen molar-refractivity contribution >= 4 is 17.7 Å². The number of likely N-dealkylation sites (N-methyl/N-ethyl adjacent to an activating group) is 1. The summed E-state index contributed by atoms with van der Waals surface area (Å²) < 4.78 is 0. The highest BCUT2D eigenvalue weighted by atomic mass is 16.2. The molecule has 7 heteroatoms. The van der Waals surface area contributed by atoms with Gasteiger partial charge in [0.2, 0.25) is 0 Å². The van der Waals surface area contributed by atoms with E-state index in [0.717, 1.165) is 25.2 Å². The molecule has 4 rings (SSSR count). The fourth-order valence-electron chi connectivity index (χ4n) is 4.45. The molecule has 0 spiro atoms. The summed E-state index contributed by atoms with van der Waals surface area (Å²) in [4.78, 5) is 24.5. The van der Waals surface area contributed by atoms with Crippen LogP contribution in [0, 0.1) is 6.92 Å². The number of carbonyl (C=O) groups is 1. The molecular weight excluding hydrogens is 364 g/mol. The first-order valence-electron chi connectivity index (χ1n) is 10.5. The number of rotatable bonds is 7. The molecule has 1 aliphatic heterocycles. The number of nitrogens with zero attached hydrogens (tertiary/aromatic N) is 3. The number of aromatic amines is 1. The van der Waals surface area contributed by atoms with Crippen LogP contribution in [0.25, 0.3) is 6.08 Å².